The Balaban J connectivity index is 2.53. The molecule has 1 N–H and O–H groups in total. The third kappa shape index (κ3) is 3.22. The van der Waals surface area contributed by atoms with Crippen molar-refractivity contribution in [1.82, 2.24) is 5.32 Å². The molecule has 1 aromatic carbocycles. The van der Waals surface area contributed by atoms with E-state index in [-0.39, 0.29) is 6.04 Å². The van der Waals surface area contributed by atoms with Gasteiger partial charge in [-0.2, -0.15) is 0 Å². The van der Waals surface area contributed by atoms with Gasteiger partial charge in [-0.1, -0.05) is 13.0 Å². The van der Waals surface area contributed by atoms with Gasteiger partial charge in [-0.25, -0.2) is 0 Å². The lowest BCUT2D eigenvalue weighted by atomic mass is 9.97. The van der Waals surface area contributed by atoms with E-state index in [2.05, 4.69) is 12.2 Å². The minimum atomic E-state index is -0.0187. The first kappa shape index (κ1) is 15.4. The summed E-state index contributed by atoms with van der Waals surface area (Å²) in [5.74, 6) is 2.52. The number of hydrogen-bond acceptors (Lipinski definition) is 4. The highest BCUT2D eigenvalue weighted by Crippen LogP contribution is 2.38. The van der Waals surface area contributed by atoms with Crippen LogP contribution in [0.25, 0.3) is 0 Å². The second-order valence-electron chi connectivity index (χ2n) is 4.90. The molecule has 0 spiro atoms. The number of rotatable bonds is 7. The Morgan fingerprint density at radius 1 is 1.14 bits per heavy atom. The summed E-state index contributed by atoms with van der Waals surface area (Å²) in [6, 6.07) is 7.81. The number of aryl methyl sites for hydroxylation is 1. The minimum Gasteiger partial charge on any atom is -0.496 e. The maximum absolute atomic E-state index is 5.54. The summed E-state index contributed by atoms with van der Waals surface area (Å²) in [4.78, 5) is 0. The van der Waals surface area contributed by atoms with Crippen LogP contribution in [0.3, 0.4) is 0 Å². The Morgan fingerprint density at radius 2 is 1.81 bits per heavy atom. The van der Waals surface area contributed by atoms with Gasteiger partial charge in [0.2, 0.25) is 0 Å². The van der Waals surface area contributed by atoms with Crippen molar-refractivity contribution in [2.75, 3.05) is 20.8 Å². The number of furan rings is 1. The maximum Gasteiger partial charge on any atom is 0.127 e. The molecule has 21 heavy (non-hydrogen) atoms. The summed E-state index contributed by atoms with van der Waals surface area (Å²) in [5.41, 5.74) is 2.10. The van der Waals surface area contributed by atoms with Crippen molar-refractivity contribution < 1.29 is 13.9 Å². The van der Waals surface area contributed by atoms with Crippen LogP contribution in [0.2, 0.25) is 0 Å². The van der Waals surface area contributed by atoms with Crippen LogP contribution in [0.5, 0.6) is 11.5 Å². The Labute approximate surface area is 126 Å². The van der Waals surface area contributed by atoms with Gasteiger partial charge in [0.05, 0.1) is 32.1 Å². The molecule has 0 radical (unpaired) electrons. The molecule has 2 rings (SSSR count). The third-order valence-corrected chi connectivity index (χ3v) is 3.56. The maximum atomic E-state index is 5.54. The zero-order valence-electron chi connectivity index (χ0n) is 13.1. The monoisotopic (exact) mass is 289 g/mol. The quantitative estimate of drug-likeness (QED) is 0.844. The van der Waals surface area contributed by atoms with Gasteiger partial charge in [-0.3, -0.25) is 0 Å². The normalized spacial score (nSPS) is 12.2. The van der Waals surface area contributed by atoms with E-state index in [4.69, 9.17) is 13.9 Å². The molecule has 114 valence electrons. The molecule has 0 amide bonds. The zero-order chi connectivity index (χ0) is 15.2. The molecule has 0 aliphatic carbocycles. The molecule has 1 atom stereocenters. The van der Waals surface area contributed by atoms with E-state index in [9.17, 15) is 0 Å². The average Bonchev–Trinajstić information content (AvgIpc) is 2.93. The summed E-state index contributed by atoms with van der Waals surface area (Å²) in [6.45, 7) is 5.01. The molecular formula is C17H23NO3. The standard InChI is InChI=1S/C17H23NO3/c1-5-10-18-17(13-9-11-21-12(13)2)16-14(19-3)7-6-8-15(16)20-4/h6-9,11,17-18H,5,10H2,1-4H3. The van der Waals surface area contributed by atoms with Crippen molar-refractivity contribution in [1.29, 1.82) is 0 Å². The van der Waals surface area contributed by atoms with Gasteiger partial charge < -0.3 is 19.2 Å². The molecule has 0 saturated heterocycles. The molecule has 4 heteroatoms. The van der Waals surface area contributed by atoms with Gasteiger partial charge in [0.15, 0.2) is 0 Å². The Morgan fingerprint density at radius 3 is 2.29 bits per heavy atom. The lowest BCUT2D eigenvalue weighted by Crippen LogP contribution is -2.24. The van der Waals surface area contributed by atoms with E-state index >= 15 is 0 Å². The fraction of sp³-hybridized carbons (Fsp3) is 0.412. The van der Waals surface area contributed by atoms with Crippen molar-refractivity contribution in [3.8, 4) is 11.5 Å². The van der Waals surface area contributed by atoms with E-state index in [1.165, 1.54) is 0 Å². The summed E-state index contributed by atoms with van der Waals surface area (Å²) < 4.78 is 16.5. The van der Waals surface area contributed by atoms with Crippen LogP contribution in [-0.4, -0.2) is 20.8 Å². The van der Waals surface area contributed by atoms with Crippen LogP contribution in [0, 0.1) is 6.92 Å². The number of benzene rings is 1. The van der Waals surface area contributed by atoms with E-state index < -0.39 is 0 Å². The highest BCUT2D eigenvalue weighted by Gasteiger charge is 2.24. The van der Waals surface area contributed by atoms with Crippen molar-refractivity contribution in [3.05, 3.63) is 47.4 Å². The van der Waals surface area contributed by atoms with E-state index in [0.29, 0.717) is 0 Å². The number of nitrogens with one attached hydrogen (secondary N) is 1. The molecule has 0 fully saturated rings. The third-order valence-electron chi connectivity index (χ3n) is 3.56. The molecule has 4 nitrogen and oxygen atoms in total. The van der Waals surface area contributed by atoms with Crippen molar-refractivity contribution in [2.45, 2.75) is 26.3 Å². The van der Waals surface area contributed by atoms with E-state index in [1.54, 1.807) is 20.5 Å². The summed E-state index contributed by atoms with van der Waals surface area (Å²) in [6.07, 6.45) is 2.76. The lowest BCUT2D eigenvalue weighted by Gasteiger charge is -2.23. The largest absolute Gasteiger partial charge is 0.496 e. The first-order valence-electron chi connectivity index (χ1n) is 7.21. The highest BCUT2D eigenvalue weighted by atomic mass is 16.5. The second-order valence-corrected chi connectivity index (χ2v) is 4.90. The molecule has 1 aromatic heterocycles. The van der Waals surface area contributed by atoms with Gasteiger partial charge in [-0.05, 0) is 38.1 Å². The van der Waals surface area contributed by atoms with Gasteiger partial charge in [0.1, 0.15) is 17.3 Å². The first-order valence-corrected chi connectivity index (χ1v) is 7.21. The van der Waals surface area contributed by atoms with Crippen molar-refractivity contribution >= 4 is 0 Å². The molecule has 0 aliphatic rings. The van der Waals surface area contributed by atoms with E-state index in [1.807, 2.05) is 31.2 Å². The highest BCUT2D eigenvalue weighted by molar-refractivity contribution is 5.51. The molecule has 0 aliphatic heterocycles. The Hall–Kier alpha value is -1.94. The summed E-state index contributed by atoms with van der Waals surface area (Å²) in [5, 5.41) is 3.56. The van der Waals surface area contributed by atoms with Crippen LogP contribution in [-0.2, 0) is 0 Å². The fourth-order valence-electron chi connectivity index (χ4n) is 2.51. The second kappa shape index (κ2) is 7.18. The first-order chi connectivity index (χ1) is 10.2. The van der Waals surface area contributed by atoms with Crippen LogP contribution in [0.1, 0.15) is 36.3 Å². The Kier molecular flexibility index (Phi) is 5.28. The predicted octanol–water partition coefficient (Wildman–Crippen LogP) is 3.69. The molecule has 1 heterocycles. The van der Waals surface area contributed by atoms with Gasteiger partial charge in [-0.15, -0.1) is 0 Å². The molecule has 1 unspecified atom stereocenters. The zero-order valence-corrected chi connectivity index (χ0v) is 13.1. The lowest BCUT2D eigenvalue weighted by molar-refractivity contribution is 0.376. The SMILES string of the molecule is CCCNC(c1ccoc1C)c1c(OC)cccc1OC. The van der Waals surface area contributed by atoms with Crippen LogP contribution >= 0.6 is 0 Å². The smallest absolute Gasteiger partial charge is 0.127 e. The van der Waals surface area contributed by atoms with Gasteiger partial charge in [0, 0.05) is 5.56 Å². The predicted molar refractivity (Wildman–Crippen MR) is 83.1 cm³/mol. The average molecular weight is 289 g/mol. The van der Waals surface area contributed by atoms with Crippen LogP contribution in [0.15, 0.2) is 34.9 Å². The Bertz CT molecular complexity index is 555. The van der Waals surface area contributed by atoms with Gasteiger partial charge >= 0.3 is 0 Å². The molecular weight excluding hydrogens is 266 g/mol. The number of ether oxygens (including phenoxy) is 2. The summed E-state index contributed by atoms with van der Waals surface area (Å²) >= 11 is 0. The van der Waals surface area contributed by atoms with Crippen molar-refractivity contribution in [3.63, 3.8) is 0 Å². The fourth-order valence-corrected chi connectivity index (χ4v) is 2.51. The van der Waals surface area contributed by atoms with Crippen LogP contribution < -0.4 is 14.8 Å². The topological polar surface area (TPSA) is 43.6 Å². The van der Waals surface area contributed by atoms with E-state index in [0.717, 1.165) is 41.4 Å². The minimum absolute atomic E-state index is 0.0187. The molecule has 0 bridgehead atoms. The summed E-state index contributed by atoms with van der Waals surface area (Å²) in [7, 11) is 3.36. The number of hydrogen-bond donors (Lipinski definition) is 1. The molecule has 0 saturated carbocycles. The van der Waals surface area contributed by atoms with Gasteiger partial charge in [0.25, 0.3) is 0 Å². The van der Waals surface area contributed by atoms with Crippen molar-refractivity contribution in [2.24, 2.45) is 0 Å². The molecule has 2 aromatic rings. The number of methoxy groups -OCH3 is 2. The van der Waals surface area contributed by atoms with Crippen LogP contribution in [0.4, 0.5) is 0 Å².